The first kappa shape index (κ1) is 21.5. The molecule has 3 N–H and O–H groups in total. The van der Waals surface area contributed by atoms with Crippen LogP contribution in [-0.4, -0.2) is 30.8 Å². The van der Waals surface area contributed by atoms with Crippen LogP contribution in [0, 0.1) is 5.92 Å². The van der Waals surface area contributed by atoms with E-state index in [0.29, 0.717) is 24.5 Å². The van der Waals surface area contributed by atoms with Gasteiger partial charge in [-0.25, -0.2) is 10.0 Å². The highest BCUT2D eigenvalue weighted by molar-refractivity contribution is 6.24. The molecule has 1 fully saturated rings. The minimum Gasteiger partial charge on any atom is -0.356 e. The number of carbonyl (C=O) groups excluding carboxylic acids is 3. The first-order valence-corrected chi connectivity index (χ1v) is 10.4. The van der Waals surface area contributed by atoms with E-state index in [4.69, 9.17) is 5.73 Å². The second kappa shape index (κ2) is 10.5. The van der Waals surface area contributed by atoms with Crippen LogP contribution in [0.2, 0.25) is 0 Å². The van der Waals surface area contributed by atoms with Gasteiger partial charge in [0.2, 0.25) is 5.91 Å². The van der Waals surface area contributed by atoms with Gasteiger partial charge in [-0.2, -0.15) is 0 Å². The zero-order valence-corrected chi connectivity index (χ0v) is 17.0. The first-order valence-electron chi connectivity index (χ1n) is 10.4. The van der Waals surface area contributed by atoms with Crippen LogP contribution in [0.3, 0.4) is 0 Å². The Labute approximate surface area is 176 Å². The highest BCUT2D eigenvalue weighted by atomic mass is 16.2. The van der Waals surface area contributed by atoms with Crippen molar-refractivity contribution in [2.75, 3.05) is 23.1 Å². The third kappa shape index (κ3) is 5.04. The van der Waals surface area contributed by atoms with E-state index in [1.54, 1.807) is 48.5 Å². The molecule has 7 nitrogen and oxygen atoms in total. The van der Waals surface area contributed by atoms with E-state index in [9.17, 15) is 14.4 Å². The summed E-state index contributed by atoms with van der Waals surface area (Å²) in [6.07, 6.45) is 3.69. The molecule has 1 heterocycles. The number of unbranched alkanes of at least 4 members (excludes halogenated alkanes) is 3. The van der Waals surface area contributed by atoms with Gasteiger partial charge in [0.25, 0.3) is 11.8 Å². The summed E-state index contributed by atoms with van der Waals surface area (Å²) < 4.78 is 0. The lowest BCUT2D eigenvalue weighted by molar-refractivity contribution is -0.132. The molecule has 0 unspecified atom stereocenters. The fourth-order valence-corrected chi connectivity index (χ4v) is 3.50. The molecule has 0 aromatic heterocycles. The largest absolute Gasteiger partial charge is 0.356 e. The van der Waals surface area contributed by atoms with E-state index in [1.165, 1.54) is 10.0 Å². The van der Waals surface area contributed by atoms with Crippen LogP contribution < -0.4 is 21.1 Å². The van der Waals surface area contributed by atoms with Crippen molar-refractivity contribution in [3.63, 3.8) is 0 Å². The van der Waals surface area contributed by atoms with Crippen LogP contribution in [0.4, 0.5) is 11.4 Å². The molecule has 3 rings (SSSR count). The van der Waals surface area contributed by atoms with Gasteiger partial charge in [-0.15, -0.1) is 0 Å². The van der Waals surface area contributed by atoms with Crippen molar-refractivity contribution in [1.82, 2.24) is 5.32 Å². The standard InChI is InChI=1S/C23H28N4O3/c24-15-9-1-2-10-16-25-21(28)17-20-22(29)26(18-11-5-3-6-12-18)27(23(20)30)19-13-7-4-8-14-19/h3-8,11-14,20H,1-2,9-10,15-17,24H2,(H,25,28). The van der Waals surface area contributed by atoms with Gasteiger partial charge in [0.15, 0.2) is 0 Å². The Balaban J connectivity index is 1.70. The zero-order chi connectivity index (χ0) is 21.3. The summed E-state index contributed by atoms with van der Waals surface area (Å²) in [7, 11) is 0. The SMILES string of the molecule is NCCCCCCNC(=O)CC1C(=O)N(c2ccccc2)N(c2ccccc2)C1=O. The molecule has 0 aliphatic carbocycles. The molecule has 3 amide bonds. The number of benzene rings is 2. The Kier molecular flexibility index (Phi) is 7.57. The van der Waals surface area contributed by atoms with Crippen LogP contribution in [0.25, 0.3) is 0 Å². The van der Waals surface area contributed by atoms with Gasteiger partial charge in [-0.1, -0.05) is 49.2 Å². The number of hydrazine groups is 1. The van der Waals surface area contributed by atoms with Gasteiger partial charge in [0.1, 0.15) is 5.92 Å². The average Bonchev–Trinajstić information content (AvgIpc) is 3.02. The van der Waals surface area contributed by atoms with Crippen molar-refractivity contribution < 1.29 is 14.4 Å². The quantitative estimate of drug-likeness (QED) is 0.467. The van der Waals surface area contributed by atoms with Crippen LogP contribution in [0.15, 0.2) is 60.7 Å². The van der Waals surface area contributed by atoms with Gasteiger partial charge >= 0.3 is 0 Å². The van der Waals surface area contributed by atoms with Crippen molar-refractivity contribution in [3.8, 4) is 0 Å². The molecule has 1 saturated heterocycles. The maximum absolute atomic E-state index is 13.2. The molecule has 30 heavy (non-hydrogen) atoms. The van der Waals surface area contributed by atoms with Crippen LogP contribution in [-0.2, 0) is 14.4 Å². The third-order valence-electron chi connectivity index (χ3n) is 5.06. The fourth-order valence-electron chi connectivity index (χ4n) is 3.50. The number of nitrogens with two attached hydrogens (primary N) is 1. The highest BCUT2D eigenvalue weighted by Crippen LogP contribution is 2.32. The molecule has 0 bridgehead atoms. The molecular weight excluding hydrogens is 380 g/mol. The molecule has 1 aliphatic heterocycles. The number of hydrogen-bond donors (Lipinski definition) is 2. The summed E-state index contributed by atoms with van der Waals surface area (Å²) in [6.45, 7) is 1.21. The molecule has 1 aliphatic rings. The van der Waals surface area contributed by atoms with Gasteiger partial charge in [0, 0.05) is 13.0 Å². The number of rotatable bonds is 10. The van der Waals surface area contributed by atoms with Gasteiger partial charge < -0.3 is 11.1 Å². The number of nitrogens with zero attached hydrogens (tertiary/aromatic N) is 2. The molecule has 0 atom stereocenters. The lowest BCUT2D eigenvalue weighted by atomic mass is 10.0. The number of nitrogens with one attached hydrogen (secondary N) is 1. The van der Waals surface area contributed by atoms with Gasteiger partial charge in [-0.05, 0) is 43.7 Å². The maximum Gasteiger partial charge on any atom is 0.259 e. The monoisotopic (exact) mass is 408 g/mol. The summed E-state index contributed by atoms with van der Waals surface area (Å²) in [5, 5.41) is 5.55. The van der Waals surface area contributed by atoms with Crippen LogP contribution >= 0.6 is 0 Å². The Morgan fingerprint density at radius 1 is 0.800 bits per heavy atom. The summed E-state index contributed by atoms with van der Waals surface area (Å²) in [5.41, 5.74) is 6.65. The number of hydrogen-bond acceptors (Lipinski definition) is 4. The Hall–Kier alpha value is -3.19. The van der Waals surface area contributed by atoms with E-state index >= 15 is 0 Å². The second-order valence-electron chi connectivity index (χ2n) is 7.28. The number of amides is 3. The lowest BCUT2D eigenvalue weighted by Crippen LogP contribution is -2.41. The number of para-hydroxylation sites is 2. The summed E-state index contributed by atoms with van der Waals surface area (Å²) in [4.78, 5) is 38.7. The summed E-state index contributed by atoms with van der Waals surface area (Å²) >= 11 is 0. The number of carbonyl (C=O) groups is 3. The summed E-state index contributed by atoms with van der Waals surface area (Å²) in [5.74, 6) is -2.12. The number of anilines is 2. The van der Waals surface area contributed by atoms with Gasteiger partial charge in [-0.3, -0.25) is 14.4 Å². The van der Waals surface area contributed by atoms with Crippen LogP contribution in [0.1, 0.15) is 32.1 Å². The van der Waals surface area contributed by atoms with E-state index in [1.807, 2.05) is 12.1 Å². The zero-order valence-electron chi connectivity index (χ0n) is 17.0. The molecule has 158 valence electrons. The molecule has 7 heteroatoms. The summed E-state index contributed by atoms with van der Waals surface area (Å²) in [6, 6.07) is 18.0. The molecule has 2 aromatic rings. The minimum absolute atomic E-state index is 0.160. The minimum atomic E-state index is -1.04. The molecule has 2 aromatic carbocycles. The normalized spacial score (nSPS) is 14.4. The third-order valence-corrected chi connectivity index (χ3v) is 5.06. The highest BCUT2D eigenvalue weighted by Gasteiger charge is 2.47. The van der Waals surface area contributed by atoms with E-state index in [-0.39, 0.29) is 12.3 Å². The second-order valence-corrected chi connectivity index (χ2v) is 7.28. The smallest absolute Gasteiger partial charge is 0.259 e. The van der Waals surface area contributed by atoms with Crippen molar-refractivity contribution >= 4 is 29.1 Å². The average molecular weight is 409 g/mol. The van der Waals surface area contributed by atoms with E-state index in [0.717, 1.165) is 25.7 Å². The molecular formula is C23H28N4O3. The van der Waals surface area contributed by atoms with Crippen LogP contribution in [0.5, 0.6) is 0 Å². The van der Waals surface area contributed by atoms with Crippen molar-refractivity contribution in [2.24, 2.45) is 11.7 Å². The van der Waals surface area contributed by atoms with E-state index < -0.39 is 17.7 Å². The van der Waals surface area contributed by atoms with Crippen molar-refractivity contribution in [1.29, 1.82) is 0 Å². The predicted octanol–water partition coefficient (Wildman–Crippen LogP) is 2.62. The first-order chi connectivity index (χ1) is 14.6. The van der Waals surface area contributed by atoms with Crippen molar-refractivity contribution in [2.45, 2.75) is 32.1 Å². The fraction of sp³-hybridized carbons (Fsp3) is 0.348. The molecule has 0 radical (unpaired) electrons. The maximum atomic E-state index is 13.2. The predicted molar refractivity (Wildman–Crippen MR) is 116 cm³/mol. The van der Waals surface area contributed by atoms with Crippen molar-refractivity contribution in [3.05, 3.63) is 60.7 Å². The van der Waals surface area contributed by atoms with E-state index in [2.05, 4.69) is 5.32 Å². The Morgan fingerprint density at radius 3 is 1.80 bits per heavy atom. The Morgan fingerprint density at radius 2 is 1.30 bits per heavy atom. The molecule has 0 saturated carbocycles. The molecule has 0 spiro atoms. The van der Waals surface area contributed by atoms with Gasteiger partial charge in [0.05, 0.1) is 11.4 Å². The Bertz CT molecular complexity index is 800. The topological polar surface area (TPSA) is 95.7 Å². The lowest BCUT2D eigenvalue weighted by Gasteiger charge is -2.27.